The van der Waals surface area contributed by atoms with Crippen LogP contribution < -0.4 is 5.32 Å². The normalized spacial score (nSPS) is 11.0. The van der Waals surface area contributed by atoms with Crippen LogP contribution in [0.4, 0.5) is 11.6 Å². The topological polar surface area (TPSA) is 93.2 Å². The van der Waals surface area contributed by atoms with E-state index in [1.54, 1.807) is 35.9 Å². The molecule has 0 spiro atoms. The van der Waals surface area contributed by atoms with Crippen molar-refractivity contribution < 1.29 is 4.79 Å². The number of aromatic nitrogens is 6. The summed E-state index contributed by atoms with van der Waals surface area (Å²) < 4.78 is 3.54. The van der Waals surface area contributed by atoms with Crippen molar-refractivity contribution in [1.29, 1.82) is 0 Å². The number of hydrogen-bond donors (Lipinski definition) is 1. The monoisotopic (exact) mass is 438 g/mol. The predicted octanol–water partition coefficient (Wildman–Crippen LogP) is 3.48. The molecule has 4 aromatic heterocycles. The second kappa shape index (κ2) is 8.54. The van der Waals surface area contributed by atoms with Crippen LogP contribution in [-0.4, -0.2) is 54.3 Å². The highest BCUT2D eigenvalue weighted by molar-refractivity contribution is 5.94. The second-order valence-electron chi connectivity index (χ2n) is 7.78. The number of benzene rings is 1. The second-order valence-corrected chi connectivity index (χ2v) is 7.78. The zero-order valence-corrected chi connectivity index (χ0v) is 18.3. The summed E-state index contributed by atoms with van der Waals surface area (Å²) in [4.78, 5) is 22.7. The Labute approximate surface area is 190 Å². The van der Waals surface area contributed by atoms with Crippen molar-refractivity contribution in [2.75, 3.05) is 19.4 Å². The summed E-state index contributed by atoms with van der Waals surface area (Å²) in [7, 11) is 3.48. The van der Waals surface area contributed by atoms with Gasteiger partial charge in [0.1, 0.15) is 0 Å². The number of carbonyl (C=O) groups excluding carboxylic acids is 1. The Bertz CT molecular complexity index is 1400. The molecule has 0 bridgehead atoms. The zero-order chi connectivity index (χ0) is 22.8. The van der Waals surface area contributed by atoms with Crippen LogP contribution in [0.5, 0.6) is 0 Å². The third-order valence-corrected chi connectivity index (χ3v) is 5.15. The van der Waals surface area contributed by atoms with Crippen LogP contribution >= 0.6 is 0 Å². The molecule has 0 fully saturated rings. The molecule has 9 nitrogen and oxygen atoms in total. The molecule has 4 heterocycles. The van der Waals surface area contributed by atoms with Crippen LogP contribution in [0.2, 0.25) is 0 Å². The van der Waals surface area contributed by atoms with Crippen LogP contribution in [-0.2, 0) is 6.54 Å². The number of rotatable bonds is 6. The molecular formula is C24H22N8O. The first-order valence-corrected chi connectivity index (χ1v) is 10.4. The lowest BCUT2D eigenvalue weighted by atomic mass is 10.0. The predicted molar refractivity (Wildman–Crippen MR) is 125 cm³/mol. The van der Waals surface area contributed by atoms with E-state index in [1.165, 1.54) is 0 Å². The summed E-state index contributed by atoms with van der Waals surface area (Å²) in [5, 5.41) is 12.1. The van der Waals surface area contributed by atoms with Crippen molar-refractivity contribution in [3.8, 4) is 11.1 Å². The standard InChI is InChI=1S/C24H22N8O/c1-30(2)23(33)18-10-8-17(9-11-18)21-7-5-13-32-22(21)28-24(29-32)27-20-14-26-31(16-20)15-19-6-3-4-12-25-19/h3-14,16H,15H2,1-2H3,(H,27,29). The Balaban J connectivity index is 1.38. The molecule has 5 rings (SSSR count). The Hall–Kier alpha value is -4.53. The molecule has 9 heteroatoms. The first-order chi connectivity index (χ1) is 16.1. The maximum absolute atomic E-state index is 12.2. The first-order valence-electron chi connectivity index (χ1n) is 10.4. The van der Waals surface area contributed by atoms with Crippen molar-refractivity contribution in [2.24, 2.45) is 0 Å². The van der Waals surface area contributed by atoms with Crippen molar-refractivity contribution >= 4 is 23.2 Å². The molecule has 0 radical (unpaired) electrons. The molecule has 0 saturated heterocycles. The van der Waals surface area contributed by atoms with Crippen molar-refractivity contribution in [2.45, 2.75) is 6.54 Å². The zero-order valence-electron chi connectivity index (χ0n) is 18.3. The molecule has 1 N–H and O–H groups in total. The summed E-state index contributed by atoms with van der Waals surface area (Å²) in [6, 6.07) is 17.2. The molecule has 0 aliphatic heterocycles. The van der Waals surface area contributed by atoms with Crippen molar-refractivity contribution in [1.82, 2.24) is 34.3 Å². The molecule has 0 aliphatic rings. The van der Waals surface area contributed by atoms with Gasteiger partial charge >= 0.3 is 0 Å². The van der Waals surface area contributed by atoms with E-state index in [1.807, 2.05) is 71.7 Å². The lowest BCUT2D eigenvalue weighted by Gasteiger charge is -2.10. The van der Waals surface area contributed by atoms with E-state index in [0.29, 0.717) is 23.7 Å². The number of hydrogen-bond acceptors (Lipinski definition) is 6. The van der Waals surface area contributed by atoms with E-state index in [4.69, 9.17) is 0 Å². The van der Waals surface area contributed by atoms with Gasteiger partial charge < -0.3 is 10.2 Å². The lowest BCUT2D eigenvalue weighted by molar-refractivity contribution is 0.0827. The largest absolute Gasteiger partial charge is 0.345 e. The fraction of sp³-hybridized carbons (Fsp3) is 0.125. The van der Waals surface area contributed by atoms with Gasteiger partial charge in [0, 0.05) is 43.8 Å². The summed E-state index contributed by atoms with van der Waals surface area (Å²) in [6.45, 7) is 0.581. The van der Waals surface area contributed by atoms with Gasteiger partial charge in [-0.1, -0.05) is 18.2 Å². The minimum atomic E-state index is -0.0303. The number of fused-ring (bicyclic) bond motifs is 1. The van der Waals surface area contributed by atoms with Gasteiger partial charge in [0.25, 0.3) is 5.91 Å². The van der Waals surface area contributed by atoms with E-state index < -0.39 is 0 Å². The SMILES string of the molecule is CN(C)C(=O)c1ccc(-c2cccn3nc(Nc4cnn(Cc5ccccn5)c4)nc23)cc1. The maximum atomic E-state index is 12.2. The van der Waals surface area contributed by atoms with Crippen LogP contribution in [0.1, 0.15) is 16.1 Å². The minimum absolute atomic E-state index is 0.0303. The highest BCUT2D eigenvalue weighted by atomic mass is 16.2. The van der Waals surface area contributed by atoms with Gasteiger partial charge in [0.2, 0.25) is 5.95 Å². The summed E-state index contributed by atoms with van der Waals surface area (Å²) in [6.07, 6.45) is 7.24. The highest BCUT2D eigenvalue weighted by Gasteiger charge is 2.12. The van der Waals surface area contributed by atoms with Gasteiger partial charge in [-0.3, -0.25) is 14.5 Å². The average molecular weight is 438 g/mol. The average Bonchev–Trinajstić information content (AvgIpc) is 3.45. The molecule has 164 valence electrons. The smallest absolute Gasteiger partial charge is 0.253 e. The lowest BCUT2D eigenvalue weighted by Crippen LogP contribution is -2.21. The number of anilines is 2. The van der Waals surface area contributed by atoms with Crippen LogP contribution in [0, 0.1) is 0 Å². The van der Waals surface area contributed by atoms with Gasteiger partial charge in [-0.05, 0) is 42.0 Å². The number of pyridine rings is 2. The maximum Gasteiger partial charge on any atom is 0.253 e. The summed E-state index contributed by atoms with van der Waals surface area (Å²) in [5.74, 6) is 0.441. The van der Waals surface area contributed by atoms with Gasteiger partial charge in [-0.15, -0.1) is 5.10 Å². The third kappa shape index (κ3) is 4.29. The Morgan fingerprint density at radius 1 is 1.06 bits per heavy atom. The van der Waals surface area contributed by atoms with E-state index >= 15 is 0 Å². The molecule has 0 aliphatic carbocycles. The molecule has 0 unspecified atom stereocenters. The van der Waals surface area contributed by atoms with Crippen molar-refractivity contribution in [3.05, 3.63) is 90.6 Å². The van der Waals surface area contributed by atoms with Crippen LogP contribution in [0.15, 0.2) is 79.4 Å². The van der Waals surface area contributed by atoms with E-state index in [-0.39, 0.29) is 5.91 Å². The van der Waals surface area contributed by atoms with E-state index in [9.17, 15) is 4.79 Å². The van der Waals surface area contributed by atoms with Crippen molar-refractivity contribution in [3.63, 3.8) is 0 Å². The van der Waals surface area contributed by atoms with Gasteiger partial charge in [0.05, 0.1) is 24.1 Å². The van der Waals surface area contributed by atoms with E-state index in [2.05, 4.69) is 25.5 Å². The minimum Gasteiger partial charge on any atom is -0.345 e. The fourth-order valence-corrected chi connectivity index (χ4v) is 3.54. The Kier molecular flexibility index (Phi) is 5.27. The van der Waals surface area contributed by atoms with E-state index in [0.717, 1.165) is 22.5 Å². The summed E-state index contributed by atoms with van der Waals surface area (Å²) >= 11 is 0. The van der Waals surface area contributed by atoms with Gasteiger partial charge in [0.15, 0.2) is 5.65 Å². The fourth-order valence-electron chi connectivity index (χ4n) is 3.54. The number of nitrogens with one attached hydrogen (secondary N) is 1. The molecule has 5 aromatic rings. The number of nitrogens with zero attached hydrogens (tertiary/aromatic N) is 7. The van der Waals surface area contributed by atoms with Crippen LogP contribution in [0.25, 0.3) is 16.8 Å². The number of amides is 1. The third-order valence-electron chi connectivity index (χ3n) is 5.15. The number of carbonyl (C=O) groups is 1. The molecule has 0 saturated carbocycles. The first kappa shape index (κ1) is 20.4. The highest BCUT2D eigenvalue weighted by Crippen LogP contribution is 2.25. The molecule has 33 heavy (non-hydrogen) atoms. The van der Waals surface area contributed by atoms with Gasteiger partial charge in [-0.25, -0.2) is 4.52 Å². The van der Waals surface area contributed by atoms with Gasteiger partial charge in [-0.2, -0.15) is 10.1 Å². The molecule has 0 atom stereocenters. The Morgan fingerprint density at radius 2 is 1.91 bits per heavy atom. The molecule has 1 aromatic carbocycles. The quantitative estimate of drug-likeness (QED) is 0.436. The summed E-state index contributed by atoms with van der Waals surface area (Å²) in [5.41, 5.74) is 4.96. The Morgan fingerprint density at radius 3 is 2.67 bits per heavy atom. The molecule has 1 amide bonds. The van der Waals surface area contributed by atoms with Crippen LogP contribution in [0.3, 0.4) is 0 Å². The molecular weight excluding hydrogens is 416 g/mol.